The molecule has 1 aromatic rings. The van der Waals surface area contributed by atoms with Crippen molar-refractivity contribution < 1.29 is 4.74 Å². The summed E-state index contributed by atoms with van der Waals surface area (Å²) in [5.74, 6) is 3.29. The zero-order chi connectivity index (χ0) is 16.6. The monoisotopic (exact) mass is 314 g/mol. The molecule has 0 radical (unpaired) electrons. The van der Waals surface area contributed by atoms with Crippen molar-refractivity contribution in [2.45, 2.75) is 58.2 Å². The van der Waals surface area contributed by atoms with E-state index in [9.17, 15) is 0 Å². The average molecular weight is 315 g/mol. The average Bonchev–Trinajstić information content (AvgIpc) is 2.46. The maximum absolute atomic E-state index is 5.54. The Bertz CT molecular complexity index is 496. The highest BCUT2D eigenvalue weighted by molar-refractivity contribution is 6.90. The molecule has 22 heavy (non-hydrogen) atoms. The van der Waals surface area contributed by atoms with Crippen LogP contribution in [0.5, 0.6) is 0 Å². The summed E-state index contributed by atoms with van der Waals surface area (Å²) in [5, 5.41) is 0. The van der Waals surface area contributed by atoms with E-state index in [-0.39, 0.29) is 0 Å². The zero-order valence-corrected chi connectivity index (χ0v) is 15.9. The van der Waals surface area contributed by atoms with Crippen LogP contribution < -0.4 is 0 Å². The highest BCUT2D eigenvalue weighted by atomic mass is 28.3. The Morgan fingerprint density at radius 1 is 0.955 bits per heavy atom. The topological polar surface area (TPSA) is 9.23 Å². The zero-order valence-electron chi connectivity index (χ0n) is 14.9. The van der Waals surface area contributed by atoms with E-state index in [1.165, 1.54) is 0 Å². The summed E-state index contributed by atoms with van der Waals surface area (Å²) in [6.07, 6.45) is 3.72. The van der Waals surface area contributed by atoms with Crippen LogP contribution >= 0.6 is 0 Å². The second-order valence-electron chi connectivity index (χ2n) is 6.72. The molecule has 1 aromatic carbocycles. The molecule has 0 amide bonds. The van der Waals surface area contributed by atoms with E-state index in [4.69, 9.17) is 4.74 Å². The molecule has 0 aliphatic heterocycles. The molecule has 0 saturated carbocycles. The molecule has 0 unspecified atom stereocenters. The van der Waals surface area contributed by atoms with Crippen molar-refractivity contribution in [1.82, 2.24) is 0 Å². The van der Waals surface area contributed by atoms with Crippen LogP contribution in [-0.2, 0) is 4.74 Å². The lowest BCUT2D eigenvalue weighted by Crippen LogP contribution is -2.43. The molecule has 1 rings (SSSR count). The summed E-state index contributed by atoms with van der Waals surface area (Å²) in [6.45, 7) is 14.5. The molecule has 2 heteroatoms. The van der Waals surface area contributed by atoms with Crippen LogP contribution in [0.15, 0.2) is 36.6 Å². The third kappa shape index (κ3) is 4.78. The first-order valence-corrected chi connectivity index (χ1v) is 10.5. The van der Waals surface area contributed by atoms with Crippen molar-refractivity contribution >= 4 is 14.1 Å². The third-order valence-corrected chi connectivity index (χ3v) is 10.8. The summed E-state index contributed by atoms with van der Waals surface area (Å²) < 4.78 is 5.54. The minimum atomic E-state index is -1.62. The van der Waals surface area contributed by atoms with Gasteiger partial charge in [0.25, 0.3) is 0 Å². The molecule has 0 aliphatic rings. The molecule has 0 saturated heterocycles. The predicted octanol–water partition coefficient (Wildman–Crippen LogP) is 5.90. The van der Waals surface area contributed by atoms with Gasteiger partial charge < -0.3 is 4.74 Å². The molecule has 0 aromatic heterocycles. The SMILES string of the molecule is CC(C)[Si](C#CCO/C=C\c1ccccc1)(C(C)C)C(C)C. The lowest BCUT2D eigenvalue weighted by molar-refractivity contribution is 0.299. The van der Waals surface area contributed by atoms with Crippen molar-refractivity contribution in [2.75, 3.05) is 6.61 Å². The van der Waals surface area contributed by atoms with Crippen LogP contribution in [0.1, 0.15) is 47.1 Å². The summed E-state index contributed by atoms with van der Waals surface area (Å²) >= 11 is 0. The Kier molecular flexibility index (Phi) is 7.48. The molecular weight excluding hydrogens is 284 g/mol. The minimum absolute atomic E-state index is 0.476. The smallest absolute Gasteiger partial charge is 0.147 e. The molecule has 0 atom stereocenters. The Hall–Kier alpha value is -1.46. The maximum Gasteiger partial charge on any atom is 0.147 e. The summed E-state index contributed by atoms with van der Waals surface area (Å²) in [4.78, 5) is 0. The van der Waals surface area contributed by atoms with Gasteiger partial charge in [0.05, 0.1) is 6.26 Å². The molecular formula is C20H30OSi. The summed E-state index contributed by atoms with van der Waals surface area (Å²) in [6, 6.07) is 10.2. The van der Waals surface area contributed by atoms with E-state index in [1.54, 1.807) is 6.26 Å². The Balaban J connectivity index is 2.66. The Morgan fingerprint density at radius 3 is 2.00 bits per heavy atom. The number of ether oxygens (including phenoxy) is 1. The third-order valence-electron chi connectivity index (χ3n) is 4.48. The van der Waals surface area contributed by atoms with Gasteiger partial charge in [0.2, 0.25) is 0 Å². The van der Waals surface area contributed by atoms with Gasteiger partial charge in [-0.15, -0.1) is 5.54 Å². The highest BCUT2D eigenvalue weighted by Gasteiger charge is 2.41. The molecule has 0 N–H and O–H groups in total. The number of benzene rings is 1. The van der Waals surface area contributed by atoms with Crippen LogP contribution in [0.25, 0.3) is 6.08 Å². The van der Waals surface area contributed by atoms with E-state index in [0.717, 1.165) is 5.56 Å². The quantitative estimate of drug-likeness (QED) is 0.275. The minimum Gasteiger partial charge on any atom is -0.489 e. The molecule has 0 spiro atoms. The lowest BCUT2D eigenvalue weighted by Gasteiger charge is -2.38. The first kappa shape index (κ1) is 18.6. The molecule has 0 aliphatic carbocycles. The normalized spacial score (nSPS) is 12.0. The van der Waals surface area contributed by atoms with Gasteiger partial charge in [-0.2, -0.15) is 0 Å². The van der Waals surface area contributed by atoms with Crippen molar-refractivity contribution in [2.24, 2.45) is 0 Å². The van der Waals surface area contributed by atoms with Gasteiger partial charge in [-0.25, -0.2) is 0 Å². The van der Waals surface area contributed by atoms with Gasteiger partial charge in [-0.1, -0.05) is 77.8 Å². The van der Waals surface area contributed by atoms with Crippen molar-refractivity contribution in [3.63, 3.8) is 0 Å². The fourth-order valence-electron chi connectivity index (χ4n) is 3.40. The highest BCUT2D eigenvalue weighted by Crippen LogP contribution is 2.40. The van der Waals surface area contributed by atoms with E-state index < -0.39 is 8.07 Å². The molecule has 0 heterocycles. The van der Waals surface area contributed by atoms with Crippen molar-refractivity contribution in [3.05, 3.63) is 42.2 Å². The van der Waals surface area contributed by atoms with Crippen LogP contribution in [0.2, 0.25) is 16.6 Å². The van der Waals surface area contributed by atoms with Crippen LogP contribution in [-0.4, -0.2) is 14.7 Å². The first-order chi connectivity index (χ1) is 10.4. The molecule has 0 bridgehead atoms. The van der Waals surface area contributed by atoms with Gasteiger partial charge >= 0.3 is 0 Å². The summed E-state index contributed by atoms with van der Waals surface area (Å²) in [5.41, 5.74) is 6.80. The first-order valence-electron chi connectivity index (χ1n) is 8.24. The fourth-order valence-corrected chi connectivity index (χ4v) is 8.65. The van der Waals surface area contributed by atoms with Crippen LogP contribution in [0.3, 0.4) is 0 Å². The van der Waals surface area contributed by atoms with Gasteiger partial charge in [0, 0.05) is 0 Å². The van der Waals surface area contributed by atoms with E-state index in [0.29, 0.717) is 23.2 Å². The van der Waals surface area contributed by atoms with Gasteiger partial charge in [-0.05, 0) is 28.3 Å². The molecule has 0 fully saturated rings. The van der Waals surface area contributed by atoms with Gasteiger partial charge in [-0.3, -0.25) is 0 Å². The second kappa shape index (κ2) is 8.85. The van der Waals surface area contributed by atoms with Gasteiger partial charge in [0.1, 0.15) is 14.7 Å². The Morgan fingerprint density at radius 2 is 1.50 bits per heavy atom. The number of hydrogen-bond acceptors (Lipinski definition) is 1. The van der Waals surface area contributed by atoms with Crippen molar-refractivity contribution in [3.8, 4) is 11.5 Å². The van der Waals surface area contributed by atoms with Crippen LogP contribution in [0, 0.1) is 11.5 Å². The fraction of sp³-hybridized carbons (Fsp3) is 0.500. The lowest BCUT2D eigenvalue weighted by atomic mass is 10.2. The van der Waals surface area contributed by atoms with Crippen molar-refractivity contribution in [1.29, 1.82) is 0 Å². The molecule has 1 nitrogen and oxygen atoms in total. The van der Waals surface area contributed by atoms with E-state index in [2.05, 4.69) is 65.1 Å². The largest absolute Gasteiger partial charge is 0.489 e. The van der Waals surface area contributed by atoms with Crippen LogP contribution in [0.4, 0.5) is 0 Å². The second-order valence-corrected chi connectivity index (χ2v) is 12.3. The molecule has 120 valence electrons. The number of rotatable bonds is 6. The number of hydrogen-bond donors (Lipinski definition) is 0. The van der Waals surface area contributed by atoms with Gasteiger partial charge in [0.15, 0.2) is 0 Å². The Labute approximate surface area is 137 Å². The predicted molar refractivity (Wildman–Crippen MR) is 100 cm³/mol. The summed E-state index contributed by atoms with van der Waals surface area (Å²) in [7, 11) is -1.62. The standard InChI is InChI=1S/C20H30OSi/c1-17(2)22(18(3)4,19(5)6)16-10-14-21-15-13-20-11-8-7-9-12-20/h7-9,11-13,15,17-19H,14H2,1-6H3/b15-13-. The maximum atomic E-state index is 5.54. The van der Waals surface area contributed by atoms with E-state index in [1.807, 2.05) is 24.3 Å². The van der Waals surface area contributed by atoms with E-state index >= 15 is 0 Å².